The fraction of sp³-hybridized carbons (Fsp3) is 0.545. The number of pyridine rings is 1. The molecule has 0 aliphatic rings. The van der Waals surface area contributed by atoms with Crippen LogP contribution in [0.15, 0.2) is 12.3 Å². The Hall–Kier alpha value is -1.69. The van der Waals surface area contributed by atoms with Crippen molar-refractivity contribution in [1.29, 1.82) is 0 Å². The van der Waals surface area contributed by atoms with Crippen LogP contribution in [0.3, 0.4) is 0 Å². The van der Waals surface area contributed by atoms with Crippen molar-refractivity contribution in [2.75, 3.05) is 11.9 Å². The first-order valence-electron chi connectivity index (χ1n) is 5.57. The van der Waals surface area contributed by atoms with E-state index in [0.29, 0.717) is 6.42 Å². The number of nitro groups is 1. The smallest absolute Gasteiger partial charge is 0.311 e. The van der Waals surface area contributed by atoms with E-state index in [9.17, 15) is 10.1 Å². The number of nitrogens with zero attached hydrogens (tertiary/aromatic N) is 2. The largest absolute Gasteiger partial charge is 0.396 e. The van der Waals surface area contributed by atoms with Gasteiger partial charge in [-0.25, -0.2) is 4.98 Å². The van der Waals surface area contributed by atoms with Crippen LogP contribution in [0.25, 0.3) is 0 Å². The minimum absolute atomic E-state index is 0.00564. The van der Waals surface area contributed by atoms with Gasteiger partial charge in [-0.05, 0) is 25.3 Å². The summed E-state index contributed by atoms with van der Waals surface area (Å²) < 4.78 is 0. The van der Waals surface area contributed by atoms with Gasteiger partial charge in [-0.15, -0.1) is 0 Å². The Morgan fingerprint density at radius 1 is 1.65 bits per heavy atom. The van der Waals surface area contributed by atoms with Gasteiger partial charge < -0.3 is 10.4 Å². The molecule has 94 valence electrons. The molecule has 17 heavy (non-hydrogen) atoms. The van der Waals surface area contributed by atoms with E-state index in [-0.39, 0.29) is 24.2 Å². The predicted octanol–water partition coefficient (Wildman–Crippen LogP) is 1.87. The monoisotopic (exact) mass is 239 g/mol. The number of nitrogens with one attached hydrogen (secondary N) is 1. The SMILES string of the molecule is CCC(CCO)Nc1ncc(C)cc1[N+](=O)[O-]. The van der Waals surface area contributed by atoms with Gasteiger partial charge in [0.2, 0.25) is 5.82 Å². The van der Waals surface area contributed by atoms with Crippen LogP contribution in [0.4, 0.5) is 11.5 Å². The molecule has 0 radical (unpaired) electrons. The van der Waals surface area contributed by atoms with Crippen LogP contribution in [-0.2, 0) is 0 Å². The van der Waals surface area contributed by atoms with E-state index in [1.165, 1.54) is 6.07 Å². The van der Waals surface area contributed by atoms with Gasteiger partial charge in [0.1, 0.15) is 0 Å². The van der Waals surface area contributed by atoms with Crippen molar-refractivity contribution < 1.29 is 10.0 Å². The van der Waals surface area contributed by atoms with Crippen molar-refractivity contribution in [2.45, 2.75) is 32.7 Å². The third kappa shape index (κ3) is 3.67. The Kier molecular flexibility index (Phi) is 4.84. The van der Waals surface area contributed by atoms with Crippen LogP contribution in [-0.4, -0.2) is 27.7 Å². The van der Waals surface area contributed by atoms with E-state index in [0.717, 1.165) is 12.0 Å². The highest BCUT2D eigenvalue weighted by Crippen LogP contribution is 2.23. The van der Waals surface area contributed by atoms with Crippen molar-refractivity contribution in [3.8, 4) is 0 Å². The molecule has 0 aliphatic heterocycles. The zero-order chi connectivity index (χ0) is 12.8. The van der Waals surface area contributed by atoms with E-state index in [2.05, 4.69) is 10.3 Å². The first-order valence-corrected chi connectivity index (χ1v) is 5.57. The van der Waals surface area contributed by atoms with Gasteiger partial charge in [0.15, 0.2) is 0 Å². The summed E-state index contributed by atoms with van der Waals surface area (Å²) in [7, 11) is 0. The standard InChI is InChI=1S/C11H17N3O3/c1-3-9(4-5-15)13-11-10(14(16)17)6-8(2)7-12-11/h6-7,9,15H,3-5H2,1-2H3,(H,12,13). The number of rotatable bonds is 6. The number of aliphatic hydroxyl groups is 1. The van der Waals surface area contributed by atoms with Gasteiger partial charge in [-0.2, -0.15) is 0 Å². The molecule has 1 aromatic rings. The number of hydrogen-bond donors (Lipinski definition) is 2. The molecular formula is C11H17N3O3. The molecule has 6 heteroatoms. The molecule has 6 nitrogen and oxygen atoms in total. The zero-order valence-corrected chi connectivity index (χ0v) is 10.0. The lowest BCUT2D eigenvalue weighted by Crippen LogP contribution is -2.21. The molecule has 0 amide bonds. The summed E-state index contributed by atoms with van der Waals surface area (Å²) in [5, 5.41) is 22.7. The summed E-state index contributed by atoms with van der Waals surface area (Å²) in [4.78, 5) is 14.5. The third-order valence-corrected chi connectivity index (χ3v) is 2.51. The number of aliphatic hydroxyl groups excluding tert-OH is 1. The van der Waals surface area contributed by atoms with E-state index < -0.39 is 4.92 Å². The van der Waals surface area contributed by atoms with Gasteiger partial charge in [0.05, 0.1) is 4.92 Å². The fourth-order valence-corrected chi connectivity index (χ4v) is 1.53. The van der Waals surface area contributed by atoms with Crippen LogP contribution < -0.4 is 5.32 Å². The molecule has 0 aromatic carbocycles. The molecule has 0 spiro atoms. The van der Waals surface area contributed by atoms with Crippen molar-refractivity contribution in [2.24, 2.45) is 0 Å². The summed E-state index contributed by atoms with van der Waals surface area (Å²) in [5.41, 5.74) is 0.721. The molecule has 1 atom stereocenters. The molecule has 1 heterocycles. The van der Waals surface area contributed by atoms with Crippen molar-refractivity contribution in [1.82, 2.24) is 4.98 Å². The molecule has 0 aliphatic carbocycles. The topological polar surface area (TPSA) is 88.3 Å². The lowest BCUT2D eigenvalue weighted by molar-refractivity contribution is -0.384. The van der Waals surface area contributed by atoms with Crippen LogP contribution in [0.5, 0.6) is 0 Å². The highest BCUT2D eigenvalue weighted by molar-refractivity contribution is 5.57. The van der Waals surface area contributed by atoms with Crippen LogP contribution in [0, 0.1) is 17.0 Å². The van der Waals surface area contributed by atoms with Crippen LogP contribution in [0.2, 0.25) is 0 Å². The first-order chi connectivity index (χ1) is 8.08. The summed E-state index contributed by atoms with van der Waals surface area (Å²) in [6, 6.07) is 1.48. The summed E-state index contributed by atoms with van der Waals surface area (Å²) in [6.07, 6.45) is 2.90. The van der Waals surface area contributed by atoms with E-state index in [4.69, 9.17) is 5.11 Å². The molecular weight excluding hydrogens is 222 g/mol. The quantitative estimate of drug-likeness (QED) is 0.584. The molecule has 0 saturated carbocycles. The van der Waals surface area contributed by atoms with Crippen molar-refractivity contribution in [3.05, 3.63) is 27.9 Å². The highest BCUT2D eigenvalue weighted by atomic mass is 16.6. The predicted molar refractivity (Wildman–Crippen MR) is 65.0 cm³/mol. The Morgan fingerprint density at radius 3 is 2.88 bits per heavy atom. The minimum Gasteiger partial charge on any atom is -0.396 e. The summed E-state index contributed by atoms with van der Waals surface area (Å²) in [6.45, 7) is 3.76. The maximum atomic E-state index is 10.9. The molecule has 0 fully saturated rings. The number of hydrogen-bond acceptors (Lipinski definition) is 5. The van der Waals surface area contributed by atoms with Crippen LogP contribution in [0.1, 0.15) is 25.3 Å². The van der Waals surface area contributed by atoms with Gasteiger partial charge >= 0.3 is 5.69 Å². The Bertz CT molecular complexity index is 396. The second-order valence-electron chi connectivity index (χ2n) is 3.90. The first kappa shape index (κ1) is 13.4. The lowest BCUT2D eigenvalue weighted by Gasteiger charge is -2.16. The molecule has 1 aromatic heterocycles. The number of aryl methyl sites for hydroxylation is 1. The van der Waals surface area contributed by atoms with Gasteiger partial charge in [0, 0.05) is 24.9 Å². The second-order valence-corrected chi connectivity index (χ2v) is 3.90. The second kappa shape index (κ2) is 6.15. The highest BCUT2D eigenvalue weighted by Gasteiger charge is 2.17. The average molecular weight is 239 g/mol. The Balaban J connectivity index is 2.92. The summed E-state index contributed by atoms with van der Waals surface area (Å²) >= 11 is 0. The number of anilines is 1. The molecule has 1 rings (SSSR count). The minimum atomic E-state index is -0.450. The van der Waals surface area contributed by atoms with E-state index in [1.54, 1.807) is 13.1 Å². The van der Waals surface area contributed by atoms with Crippen LogP contribution >= 0.6 is 0 Å². The maximum absolute atomic E-state index is 10.9. The van der Waals surface area contributed by atoms with Crippen molar-refractivity contribution >= 4 is 11.5 Å². The number of aromatic nitrogens is 1. The molecule has 2 N–H and O–H groups in total. The van der Waals surface area contributed by atoms with Gasteiger partial charge in [-0.3, -0.25) is 10.1 Å². The van der Waals surface area contributed by atoms with Gasteiger partial charge in [-0.1, -0.05) is 6.92 Å². The zero-order valence-electron chi connectivity index (χ0n) is 10.0. The normalized spacial score (nSPS) is 12.2. The molecule has 0 bridgehead atoms. The van der Waals surface area contributed by atoms with E-state index in [1.807, 2.05) is 6.92 Å². The Labute approximate surface area is 99.8 Å². The lowest BCUT2D eigenvalue weighted by atomic mass is 10.1. The summed E-state index contributed by atoms with van der Waals surface area (Å²) in [5.74, 6) is 0.265. The average Bonchev–Trinajstić information content (AvgIpc) is 2.30. The van der Waals surface area contributed by atoms with E-state index >= 15 is 0 Å². The third-order valence-electron chi connectivity index (χ3n) is 2.51. The maximum Gasteiger partial charge on any atom is 0.311 e. The molecule has 1 unspecified atom stereocenters. The van der Waals surface area contributed by atoms with Crippen molar-refractivity contribution in [3.63, 3.8) is 0 Å². The Morgan fingerprint density at radius 2 is 2.35 bits per heavy atom. The fourth-order valence-electron chi connectivity index (χ4n) is 1.53. The van der Waals surface area contributed by atoms with Gasteiger partial charge in [0.25, 0.3) is 0 Å². The molecule has 0 saturated heterocycles.